The van der Waals surface area contributed by atoms with Crippen molar-refractivity contribution in [3.05, 3.63) is 156 Å². The van der Waals surface area contributed by atoms with Crippen LogP contribution in [-0.2, 0) is 12.6 Å². The lowest BCUT2D eigenvalue weighted by atomic mass is 9.77. The predicted octanol–water partition coefficient (Wildman–Crippen LogP) is 4.95. The second-order valence-corrected chi connectivity index (χ2v) is 7.99. The molecule has 0 aliphatic carbocycles. The third kappa shape index (κ3) is 3.95. The molecule has 0 saturated heterocycles. The highest BCUT2D eigenvalue weighted by Crippen LogP contribution is 2.40. The van der Waals surface area contributed by atoms with E-state index in [1.165, 1.54) is 0 Å². The smallest absolute Gasteiger partial charge is 0.184 e. The summed E-state index contributed by atoms with van der Waals surface area (Å²) in [6.07, 6.45) is 7.90. The highest BCUT2D eigenvalue weighted by atomic mass is 15.3. The summed E-state index contributed by atoms with van der Waals surface area (Å²) in [7, 11) is 2.00. The molecule has 3 aromatic carbocycles. The highest BCUT2D eigenvalue weighted by molar-refractivity contribution is 5.51. The fraction of sp³-hybridized carbons (Fsp3) is 0.0667. The van der Waals surface area contributed by atoms with Gasteiger partial charge in [0.15, 0.2) is 12.4 Å². The molecule has 0 aliphatic heterocycles. The average molecular weight is 427 g/mol. The average Bonchev–Trinajstić information content (AvgIpc) is 3.35. The first-order valence-electron chi connectivity index (χ1n) is 11.0. The summed E-state index contributed by atoms with van der Waals surface area (Å²) in [6, 6.07) is 35.6. The quantitative estimate of drug-likeness (QED) is 0.226. The van der Waals surface area contributed by atoms with E-state index >= 15 is 0 Å². The Morgan fingerprint density at radius 2 is 1.18 bits per heavy atom. The van der Waals surface area contributed by atoms with E-state index in [2.05, 4.69) is 84.6 Å². The first-order chi connectivity index (χ1) is 16.3. The largest absolute Gasteiger partial charge is 0.252 e. The minimum Gasteiger partial charge on any atom is -0.252 e. The van der Waals surface area contributed by atoms with Crippen LogP contribution in [0.4, 0.5) is 0 Å². The summed E-state index contributed by atoms with van der Waals surface area (Å²) in [5.41, 5.74) is 4.63. The Labute approximate surface area is 194 Å². The normalized spacial score (nSPS) is 10.9. The van der Waals surface area contributed by atoms with Gasteiger partial charge in [-0.1, -0.05) is 103 Å². The van der Waals surface area contributed by atoms with Gasteiger partial charge in [-0.25, -0.2) is 4.57 Å². The van der Waals surface area contributed by atoms with Crippen molar-refractivity contribution < 1.29 is 4.57 Å². The van der Waals surface area contributed by atoms with E-state index in [-0.39, 0.29) is 0 Å². The molecule has 0 radical (unpaired) electrons. The predicted molar refractivity (Wildman–Crippen MR) is 130 cm³/mol. The maximum atomic E-state index is 4.86. The molecular formula is C30H24N3+. The van der Waals surface area contributed by atoms with Crippen molar-refractivity contribution in [1.82, 2.24) is 9.78 Å². The van der Waals surface area contributed by atoms with Crippen molar-refractivity contribution >= 4 is 0 Å². The van der Waals surface area contributed by atoms with Crippen LogP contribution in [0.2, 0.25) is 0 Å². The fourth-order valence-corrected chi connectivity index (χ4v) is 4.31. The van der Waals surface area contributed by atoms with Gasteiger partial charge in [0, 0.05) is 12.3 Å². The van der Waals surface area contributed by atoms with Crippen LogP contribution in [0.5, 0.6) is 0 Å². The van der Waals surface area contributed by atoms with E-state index < -0.39 is 5.54 Å². The van der Waals surface area contributed by atoms with Crippen molar-refractivity contribution in [2.45, 2.75) is 5.54 Å². The van der Waals surface area contributed by atoms with Gasteiger partial charge in [-0.15, -0.1) is 0 Å². The van der Waals surface area contributed by atoms with Crippen LogP contribution in [-0.4, -0.2) is 9.78 Å². The number of aromatic nitrogens is 3. The van der Waals surface area contributed by atoms with Gasteiger partial charge in [0.05, 0.1) is 17.3 Å². The maximum Gasteiger partial charge on any atom is 0.184 e. The second kappa shape index (κ2) is 8.98. The third-order valence-corrected chi connectivity index (χ3v) is 5.79. The lowest BCUT2D eigenvalue weighted by molar-refractivity contribution is -0.671. The van der Waals surface area contributed by atoms with Crippen molar-refractivity contribution in [3.8, 4) is 11.8 Å². The van der Waals surface area contributed by atoms with Crippen LogP contribution in [0.1, 0.15) is 27.8 Å². The second-order valence-electron chi connectivity index (χ2n) is 7.99. The first-order valence-corrected chi connectivity index (χ1v) is 11.0. The molecule has 158 valence electrons. The number of benzene rings is 3. The molecule has 0 saturated carbocycles. The summed E-state index contributed by atoms with van der Waals surface area (Å²) < 4.78 is 4.04. The molecule has 0 unspecified atom stereocenters. The Morgan fingerprint density at radius 1 is 0.667 bits per heavy atom. The van der Waals surface area contributed by atoms with Crippen molar-refractivity contribution in [2.75, 3.05) is 0 Å². The Morgan fingerprint density at radius 3 is 1.70 bits per heavy atom. The molecule has 0 amide bonds. The van der Waals surface area contributed by atoms with Gasteiger partial charge in [-0.2, -0.15) is 5.10 Å². The molecule has 0 N–H and O–H groups in total. The zero-order chi connectivity index (χ0) is 22.5. The summed E-state index contributed by atoms with van der Waals surface area (Å²) in [6.45, 7) is 0. The van der Waals surface area contributed by atoms with Gasteiger partial charge in [-0.05, 0) is 22.8 Å². The molecule has 0 atom stereocenters. The van der Waals surface area contributed by atoms with E-state index in [9.17, 15) is 0 Å². The van der Waals surface area contributed by atoms with Crippen LogP contribution in [0.3, 0.4) is 0 Å². The summed E-state index contributed by atoms with van der Waals surface area (Å²) in [4.78, 5) is 0. The molecule has 5 aromatic rings. The Kier molecular flexibility index (Phi) is 5.57. The summed E-state index contributed by atoms with van der Waals surface area (Å²) in [5, 5.41) is 4.86. The zero-order valence-electron chi connectivity index (χ0n) is 18.5. The van der Waals surface area contributed by atoms with Crippen molar-refractivity contribution in [2.24, 2.45) is 7.05 Å². The van der Waals surface area contributed by atoms with Crippen molar-refractivity contribution in [1.29, 1.82) is 0 Å². The number of hydrogen-bond donors (Lipinski definition) is 0. The number of nitrogens with zero attached hydrogens (tertiary/aromatic N) is 3. The van der Waals surface area contributed by atoms with Crippen LogP contribution in [0.15, 0.2) is 128 Å². The van der Waals surface area contributed by atoms with Crippen LogP contribution in [0, 0.1) is 11.8 Å². The monoisotopic (exact) mass is 426 g/mol. The molecule has 0 spiro atoms. The van der Waals surface area contributed by atoms with Crippen LogP contribution < -0.4 is 4.57 Å². The summed E-state index contributed by atoms with van der Waals surface area (Å²) in [5.74, 6) is 6.55. The minimum absolute atomic E-state index is 0.622. The molecule has 3 heteroatoms. The van der Waals surface area contributed by atoms with Gasteiger partial charge < -0.3 is 0 Å². The first kappa shape index (κ1) is 20.5. The fourth-order valence-electron chi connectivity index (χ4n) is 4.31. The Balaban J connectivity index is 1.71. The Hall–Kier alpha value is -4.42. The van der Waals surface area contributed by atoms with Gasteiger partial charge in [0.1, 0.15) is 12.6 Å². The molecule has 5 rings (SSSR count). The van der Waals surface area contributed by atoms with E-state index in [0.717, 1.165) is 27.8 Å². The van der Waals surface area contributed by atoms with Gasteiger partial charge in [0.25, 0.3) is 0 Å². The van der Waals surface area contributed by atoms with Gasteiger partial charge >= 0.3 is 0 Å². The molecule has 0 fully saturated rings. The zero-order valence-corrected chi connectivity index (χ0v) is 18.5. The van der Waals surface area contributed by atoms with Crippen molar-refractivity contribution in [3.63, 3.8) is 0 Å². The number of rotatable bonds is 4. The molecule has 2 heterocycles. The molecule has 0 aliphatic rings. The number of hydrogen-bond acceptors (Lipinski definition) is 1. The van der Waals surface area contributed by atoms with E-state index in [1.807, 2.05) is 71.4 Å². The minimum atomic E-state index is -0.622. The SMILES string of the molecule is C[n+]1cccc(C#Cc2cnn(C(c3ccccc3)(c3ccccc3)c3ccccc3)c2)c1. The summed E-state index contributed by atoms with van der Waals surface area (Å²) >= 11 is 0. The molecule has 3 nitrogen and oxygen atoms in total. The molecule has 0 bridgehead atoms. The van der Waals surface area contributed by atoms with Crippen LogP contribution >= 0.6 is 0 Å². The third-order valence-electron chi connectivity index (χ3n) is 5.79. The van der Waals surface area contributed by atoms with Crippen LogP contribution in [0.25, 0.3) is 0 Å². The lowest BCUT2D eigenvalue weighted by Crippen LogP contribution is -2.38. The number of aryl methyl sites for hydroxylation is 1. The van der Waals surface area contributed by atoms with E-state index in [4.69, 9.17) is 5.10 Å². The lowest BCUT2D eigenvalue weighted by Gasteiger charge is -2.36. The molecule has 33 heavy (non-hydrogen) atoms. The number of pyridine rings is 1. The van der Waals surface area contributed by atoms with Gasteiger partial charge in [0.2, 0.25) is 0 Å². The van der Waals surface area contributed by atoms with E-state index in [0.29, 0.717) is 0 Å². The maximum absolute atomic E-state index is 4.86. The highest BCUT2D eigenvalue weighted by Gasteiger charge is 2.39. The van der Waals surface area contributed by atoms with Gasteiger partial charge in [-0.3, -0.25) is 4.68 Å². The Bertz CT molecular complexity index is 1310. The topological polar surface area (TPSA) is 21.7 Å². The molecule has 2 aromatic heterocycles. The standard InChI is InChI=1S/C30H24N3/c1-32-21-11-12-25(23-32)19-20-26-22-31-33(24-26)30(27-13-5-2-6-14-27,28-15-7-3-8-16-28)29-17-9-4-10-18-29/h2-18,21-24H,1H3/q+1. The molecular weight excluding hydrogens is 402 g/mol. The van der Waals surface area contributed by atoms with E-state index in [1.54, 1.807) is 0 Å².